The van der Waals surface area contributed by atoms with E-state index in [4.69, 9.17) is 9.97 Å². The molecule has 4 heteroatoms. The lowest BCUT2D eigenvalue weighted by Gasteiger charge is -2.19. The zero-order valence-corrected chi connectivity index (χ0v) is 21.6. The monoisotopic (exact) mass is 502 g/mol. The van der Waals surface area contributed by atoms with Crippen LogP contribution in [0.25, 0.3) is 56.0 Å². The van der Waals surface area contributed by atoms with Crippen molar-refractivity contribution in [1.29, 1.82) is 0 Å². The first-order valence-corrected chi connectivity index (χ1v) is 13.1. The Labute approximate surface area is 227 Å². The molecule has 0 N–H and O–H groups in total. The van der Waals surface area contributed by atoms with Crippen molar-refractivity contribution in [3.63, 3.8) is 0 Å². The van der Waals surface area contributed by atoms with E-state index in [1.165, 1.54) is 0 Å². The van der Waals surface area contributed by atoms with E-state index in [0.29, 0.717) is 0 Å². The minimum atomic E-state index is 0.885. The van der Waals surface area contributed by atoms with Gasteiger partial charge in [0.2, 0.25) is 0 Å². The van der Waals surface area contributed by atoms with Gasteiger partial charge in [0.25, 0.3) is 0 Å². The van der Waals surface area contributed by atoms with E-state index in [9.17, 15) is 0 Å². The van der Waals surface area contributed by atoms with Crippen molar-refractivity contribution < 1.29 is 0 Å². The second kappa shape index (κ2) is 9.58. The fourth-order valence-corrected chi connectivity index (χ4v) is 5.44. The summed E-state index contributed by atoms with van der Waals surface area (Å²) in [5.74, 6) is 1.84. The molecule has 7 rings (SSSR count). The Morgan fingerprint density at radius 1 is 0.590 bits per heavy atom. The maximum atomic E-state index is 4.88. The van der Waals surface area contributed by atoms with Gasteiger partial charge in [0.1, 0.15) is 11.6 Å². The van der Waals surface area contributed by atoms with Crippen LogP contribution < -0.4 is 0 Å². The smallest absolute Gasteiger partial charge is 0.144 e. The average Bonchev–Trinajstić information content (AvgIpc) is 3.61. The SMILES string of the molecule is Cc1nc2ccc(-c3nccn3-c3c(-c4ccccc4)cccc3-c3ccccc3)cc2n1-c1ccccc1. The van der Waals surface area contributed by atoms with E-state index in [1.807, 2.05) is 12.3 Å². The van der Waals surface area contributed by atoms with Crippen molar-refractivity contribution >= 4 is 11.0 Å². The van der Waals surface area contributed by atoms with Crippen molar-refractivity contribution in [2.45, 2.75) is 6.92 Å². The maximum Gasteiger partial charge on any atom is 0.144 e. The molecule has 0 spiro atoms. The highest BCUT2D eigenvalue weighted by molar-refractivity contribution is 5.88. The predicted molar refractivity (Wildman–Crippen MR) is 159 cm³/mol. The van der Waals surface area contributed by atoms with Crippen LogP contribution in [0.1, 0.15) is 5.82 Å². The van der Waals surface area contributed by atoms with Crippen LogP contribution in [-0.2, 0) is 0 Å². The molecule has 0 aliphatic rings. The standard InChI is InChI=1S/C35H26N4/c1-25-37-32-21-20-28(24-33(32)39(25)29-16-9-4-10-17-29)35-36-22-23-38(35)34-30(26-12-5-2-6-13-26)18-11-19-31(34)27-14-7-3-8-15-27/h2-24H,1H3. The number of imidazole rings is 2. The second-order valence-electron chi connectivity index (χ2n) is 9.59. The predicted octanol–water partition coefficient (Wildman–Crippen LogP) is 8.52. The van der Waals surface area contributed by atoms with Crippen LogP contribution in [0.3, 0.4) is 0 Å². The number of benzene rings is 5. The highest BCUT2D eigenvalue weighted by Crippen LogP contribution is 2.38. The maximum absolute atomic E-state index is 4.88. The van der Waals surface area contributed by atoms with E-state index in [2.05, 4.69) is 144 Å². The molecule has 0 saturated carbocycles. The van der Waals surface area contributed by atoms with Crippen molar-refractivity contribution in [3.8, 4) is 45.0 Å². The lowest BCUT2D eigenvalue weighted by Crippen LogP contribution is -2.02. The topological polar surface area (TPSA) is 35.6 Å². The number of aryl methyl sites for hydroxylation is 1. The van der Waals surface area contributed by atoms with Gasteiger partial charge in [-0.15, -0.1) is 0 Å². The van der Waals surface area contributed by atoms with Crippen molar-refractivity contribution in [2.75, 3.05) is 0 Å². The summed E-state index contributed by atoms with van der Waals surface area (Å²) in [6.07, 6.45) is 3.95. The zero-order chi connectivity index (χ0) is 26.2. The molecule has 7 aromatic rings. The van der Waals surface area contributed by atoms with Gasteiger partial charge in [0.05, 0.1) is 16.7 Å². The number of para-hydroxylation sites is 2. The van der Waals surface area contributed by atoms with Gasteiger partial charge < -0.3 is 0 Å². The fourth-order valence-electron chi connectivity index (χ4n) is 5.44. The molecule has 0 amide bonds. The van der Waals surface area contributed by atoms with E-state index in [0.717, 1.165) is 61.9 Å². The molecule has 0 saturated heterocycles. The van der Waals surface area contributed by atoms with E-state index >= 15 is 0 Å². The van der Waals surface area contributed by atoms with E-state index in [1.54, 1.807) is 0 Å². The number of hydrogen-bond donors (Lipinski definition) is 0. The third-order valence-corrected chi connectivity index (χ3v) is 7.18. The Bertz CT molecular complexity index is 1840. The summed E-state index contributed by atoms with van der Waals surface area (Å²) in [6, 6.07) is 44.4. The first-order valence-electron chi connectivity index (χ1n) is 13.1. The third-order valence-electron chi connectivity index (χ3n) is 7.18. The summed E-state index contributed by atoms with van der Waals surface area (Å²) in [7, 11) is 0. The quantitative estimate of drug-likeness (QED) is 0.236. The van der Waals surface area contributed by atoms with Crippen LogP contribution in [0.4, 0.5) is 0 Å². The molecule has 0 bridgehead atoms. The summed E-state index contributed by atoms with van der Waals surface area (Å²) in [4.78, 5) is 9.72. The van der Waals surface area contributed by atoms with Crippen LogP contribution in [0.5, 0.6) is 0 Å². The van der Waals surface area contributed by atoms with Gasteiger partial charge in [-0.3, -0.25) is 9.13 Å². The minimum absolute atomic E-state index is 0.885. The van der Waals surface area contributed by atoms with Crippen LogP contribution in [-0.4, -0.2) is 19.1 Å². The van der Waals surface area contributed by atoms with E-state index in [-0.39, 0.29) is 0 Å². The lowest BCUT2D eigenvalue weighted by atomic mass is 9.95. The summed E-state index contributed by atoms with van der Waals surface area (Å²) in [5.41, 5.74) is 9.90. The number of hydrogen-bond acceptors (Lipinski definition) is 2. The molecule has 0 atom stereocenters. The Morgan fingerprint density at radius 2 is 1.21 bits per heavy atom. The Hall–Kier alpha value is -5.22. The van der Waals surface area contributed by atoms with Gasteiger partial charge >= 0.3 is 0 Å². The van der Waals surface area contributed by atoms with Gasteiger partial charge in [-0.25, -0.2) is 9.97 Å². The molecule has 5 aromatic carbocycles. The first-order chi connectivity index (χ1) is 19.3. The molecule has 0 unspecified atom stereocenters. The summed E-state index contributed by atoms with van der Waals surface area (Å²) >= 11 is 0. The molecule has 2 heterocycles. The normalized spacial score (nSPS) is 11.2. The van der Waals surface area contributed by atoms with Crippen molar-refractivity contribution in [3.05, 3.63) is 146 Å². The van der Waals surface area contributed by atoms with Crippen LogP contribution in [0, 0.1) is 6.92 Å². The third kappa shape index (κ3) is 4.03. The molecule has 0 aliphatic heterocycles. The summed E-state index contributed by atoms with van der Waals surface area (Å²) in [5, 5.41) is 0. The fraction of sp³-hybridized carbons (Fsp3) is 0.0286. The number of aromatic nitrogens is 4. The highest BCUT2D eigenvalue weighted by Gasteiger charge is 2.19. The Balaban J connectivity index is 1.46. The van der Waals surface area contributed by atoms with Gasteiger partial charge in [0.15, 0.2) is 0 Å². The molecular formula is C35H26N4. The van der Waals surface area contributed by atoms with Gasteiger partial charge in [0, 0.05) is 34.8 Å². The molecule has 0 aliphatic carbocycles. The molecule has 4 nitrogen and oxygen atoms in total. The molecule has 39 heavy (non-hydrogen) atoms. The molecule has 186 valence electrons. The zero-order valence-electron chi connectivity index (χ0n) is 21.6. The first kappa shape index (κ1) is 22.9. The number of fused-ring (bicyclic) bond motifs is 1. The van der Waals surface area contributed by atoms with Crippen LogP contribution in [0.2, 0.25) is 0 Å². The highest BCUT2D eigenvalue weighted by atomic mass is 15.1. The largest absolute Gasteiger partial charge is 0.299 e. The van der Waals surface area contributed by atoms with Gasteiger partial charge in [-0.1, -0.05) is 97.1 Å². The van der Waals surface area contributed by atoms with Crippen LogP contribution >= 0.6 is 0 Å². The molecule has 0 fully saturated rings. The average molecular weight is 503 g/mol. The molecular weight excluding hydrogens is 476 g/mol. The van der Waals surface area contributed by atoms with Gasteiger partial charge in [-0.2, -0.15) is 0 Å². The summed E-state index contributed by atoms with van der Waals surface area (Å²) in [6.45, 7) is 2.05. The number of nitrogens with zero attached hydrogens (tertiary/aromatic N) is 4. The van der Waals surface area contributed by atoms with Gasteiger partial charge in [-0.05, 0) is 48.4 Å². The Kier molecular flexibility index (Phi) is 5.64. The second-order valence-corrected chi connectivity index (χ2v) is 9.59. The van der Waals surface area contributed by atoms with E-state index < -0.39 is 0 Å². The van der Waals surface area contributed by atoms with Crippen molar-refractivity contribution in [1.82, 2.24) is 19.1 Å². The van der Waals surface area contributed by atoms with Crippen molar-refractivity contribution in [2.24, 2.45) is 0 Å². The molecule has 2 aromatic heterocycles. The number of rotatable bonds is 5. The lowest BCUT2D eigenvalue weighted by molar-refractivity contribution is 1.00. The Morgan fingerprint density at radius 3 is 1.85 bits per heavy atom. The molecule has 0 radical (unpaired) electrons. The summed E-state index contributed by atoms with van der Waals surface area (Å²) < 4.78 is 4.43. The van der Waals surface area contributed by atoms with Crippen LogP contribution in [0.15, 0.2) is 140 Å². The minimum Gasteiger partial charge on any atom is -0.299 e.